The maximum atomic E-state index is 14.8. The molecule has 0 aliphatic rings. The maximum absolute atomic E-state index is 14.8. The highest BCUT2D eigenvalue weighted by Crippen LogP contribution is 2.39. The molecule has 3 aromatic rings. The molecule has 0 bridgehead atoms. The summed E-state index contributed by atoms with van der Waals surface area (Å²) in [5.41, 5.74) is 1.73. The number of pyridine rings is 2. The number of halogens is 1. The summed E-state index contributed by atoms with van der Waals surface area (Å²) in [6, 6.07) is 9.35. The van der Waals surface area contributed by atoms with Crippen molar-refractivity contribution < 1.29 is 18.7 Å². The van der Waals surface area contributed by atoms with E-state index < -0.39 is 5.82 Å². The van der Waals surface area contributed by atoms with Gasteiger partial charge >= 0.3 is 0 Å². The summed E-state index contributed by atoms with van der Waals surface area (Å²) in [4.78, 5) is 20.0. The Kier molecular flexibility index (Phi) is 4.70. The van der Waals surface area contributed by atoms with Crippen molar-refractivity contribution in [2.45, 2.75) is 0 Å². The van der Waals surface area contributed by atoms with Gasteiger partial charge < -0.3 is 9.47 Å². The van der Waals surface area contributed by atoms with Crippen LogP contribution in [0.15, 0.2) is 48.8 Å². The molecular weight excluding hydrogens is 323 g/mol. The van der Waals surface area contributed by atoms with Crippen LogP contribution in [0.4, 0.5) is 4.39 Å². The van der Waals surface area contributed by atoms with E-state index in [4.69, 9.17) is 9.47 Å². The van der Waals surface area contributed by atoms with E-state index in [1.807, 2.05) is 0 Å². The Hall–Kier alpha value is -3.28. The molecule has 0 amide bonds. The highest BCUT2D eigenvalue weighted by atomic mass is 19.1. The summed E-state index contributed by atoms with van der Waals surface area (Å²) in [6.45, 7) is 0. The van der Waals surface area contributed by atoms with Gasteiger partial charge in [0.05, 0.1) is 19.9 Å². The fourth-order valence-electron chi connectivity index (χ4n) is 2.65. The van der Waals surface area contributed by atoms with Gasteiger partial charge in [-0.05, 0) is 30.3 Å². The fraction of sp³-hybridized carbons (Fsp3) is 0.105. The van der Waals surface area contributed by atoms with Gasteiger partial charge in [-0.3, -0.25) is 9.78 Å². The Labute approximate surface area is 144 Å². The molecule has 0 aliphatic heterocycles. The first-order valence-electron chi connectivity index (χ1n) is 7.47. The number of carbonyl (C=O) groups excluding carboxylic acids is 1. The third kappa shape index (κ3) is 3.06. The zero-order chi connectivity index (χ0) is 17.8. The highest BCUT2D eigenvalue weighted by molar-refractivity contribution is 5.96. The summed E-state index contributed by atoms with van der Waals surface area (Å²) >= 11 is 0. The molecule has 0 radical (unpaired) electrons. The second-order valence-corrected chi connectivity index (χ2v) is 5.15. The van der Waals surface area contributed by atoms with E-state index in [9.17, 15) is 9.18 Å². The molecule has 0 atom stereocenters. The average molecular weight is 338 g/mol. The van der Waals surface area contributed by atoms with Crippen molar-refractivity contribution in [3.63, 3.8) is 0 Å². The second-order valence-electron chi connectivity index (χ2n) is 5.15. The lowest BCUT2D eigenvalue weighted by atomic mass is 9.93. The van der Waals surface area contributed by atoms with Crippen LogP contribution in [-0.2, 0) is 0 Å². The third-order valence-corrected chi connectivity index (χ3v) is 3.77. The number of aldehydes is 1. The predicted octanol–water partition coefficient (Wildman–Crippen LogP) is 3.78. The van der Waals surface area contributed by atoms with Crippen molar-refractivity contribution in [2.75, 3.05) is 14.2 Å². The molecule has 1 aromatic carbocycles. The number of benzene rings is 1. The minimum absolute atomic E-state index is 0.204. The van der Waals surface area contributed by atoms with E-state index in [-0.39, 0.29) is 11.4 Å². The summed E-state index contributed by atoms with van der Waals surface area (Å²) in [6.07, 6.45) is 3.76. The van der Waals surface area contributed by atoms with Gasteiger partial charge in [-0.15, -0.1) is 0 Å². The summed E-state index contributed by atoms with van der Waals surface area (Å²) in [7, 11) is 2.98. The molecule has 126 valence electrons. The number of aromatic nitrogens is 2. The molecule has 0 spiro atoms. The molecule has 3 rings (SSSR count). The molecule has 2 heterocycles. The number of hydrogen-bond donors (Lipinski definition) is 0. The Morgan fingerprint density at radius 1 is 1.00 bits per heavy atom. The number of hydrogen-bond acceptors (Lipinski definition) is 5. The van der Waals surface area contributed by atoms with Gasteiger partial charge in [0, 0.05) is 40.7 Å². The zero-order valence-electron chi connectivity index (χ0n) is 13.7. The molecule has 6 heteroatoms. The van der Waals surface area contributed by atoms with Gasteiger partial charge in [0.25, 0.3) is 0 Å². The maximum Gasteiger partial charge on any atom is 0.221 e. The average Bonchev–Trinajstić information content (AvgIpc) is 2.67. The fourth-order valence-corrected chi connectivity index (χ4v) is 2.65. The zero-order valence-corrected chi connectivity index (χ0v) is 13.7. The van der Waals surface area contributed by atoms with Crippen LogP contribution >= 0.6 is 0 Å². The lowest BCUT2D eigenvalue weighted by Gasteiger charge is -2.15. The van der Waals surface area contributed by atoms with E-state index in [0.29, 0.717) is 34.4 Å². The summed E-state index contributed by atoms with van der Waals surface area (Å²) in [5.74, 6) is 0.306. The van der Waals surface area contributed by atoms with Crippen LogP contribution in [0.3, 0.4) is 0 Å². The predicted molar refractivity (Wildman–Crippen MR) is 91.4 cm³/mol. The van der Waals surface area contributed by atoms with Crippen molar-refractivity contribution >= 4 is 6.29 Å². The number of carbonyl (C=O) groups is 1. The van der Waals surface area contributed by atoms with Crippen LogP contribution in [0.1, 0.15) is 10.4 Å². The van der Waals surface area contributed by atoms with E-state index in [0.717, 1.165) is 0 Å². The molecule has 0 unspecified atom stereocenters. The largest absolute Gasteiger partial charge is 0.497 e. The second kappa shape index (κ2) is 7.09. The van der Waals surface area contributed by atoms with Gasteiger partial charge in [-0.1, -0.05) is 0 Å². The van der Waals surface area contributed by atoms with Gasteiger partial charge in [-0.2, -0.15) is 0 Å². The van der Waals surface area contributed by atoms with E-state index in [2.05, 4.69) is 9.97 Å². The Balaban J connectivity index is 2.37. The van der Waals surface area contributed by atoms with Gasteiger partial charge in [0.1, 0.15) is 11.6 Å². The highest BCUT2D eigenvalue weighted by Gasteiger charge is 2.21. The van der Waals surface area contributed by atoms with Crippen molar-refractivity contribution in [3.8, 4) is 34.0 Å². The Morgan fingerprint density at radius 2 is 1.84 bits per heavy atom. The Bertz CT molecular complexity index is 928. The number of ether oxygens (including phenoxy) is 2. The minimum atomic E-state index is -0.503. The first-order valence-corrected chi connectivity index (χ1v) is 7.47. The third-order valence-electron chi connectivity index (χ3n) is 3.77. The molecule has 0 saturated carbocycles. The molecule has 2 aromatic heterocycles. The lowest BCUT2D eigenvalue weighted by molar-refractivity contribution is 0.112. The molecular formula is C19H15FN2O3. The quantitative estimate of drug-likeness (QED) is 0.663. The van der Waals surface area contributed by atoms with Crippen LogP contribution in [0.25, 0.3) is 22.4 Å². The molecule has 0 aliphatic carbocycles. The Morgan fingerprint density at radius 3 is 2.56 bits per heavy atom. The lowest BCUT2D eigenvalue weighted by Crippen LogP contribution is -2.00. The van der Waals surface area contributed by atoms with E-state index >= 15 is 0 Å². The van der Waals surface area contributed by atoms with Crippen LogP contribution in [0.2, 0.25) is 0 Å². The molecule has 0 N–H and O–H groups in total. The van der Waals surface area contributed by atoms with Crippen molar-refractivity contribution in [2.24, 2.45) is 0 Å². The van der Waals surface area contributed by atoms with E-state index in [1.54, 1.807) is 30.5 Å². The monoisotopic (exact) mass is 338 g/mol. The molecule has 0 fully saturated rings. The number of rotatable bonds is 5. The van der Waals surface area contributed by atoms with Gasteiger partial charge in [0.2, 0.25) is 5.88 Å². The van der Waals surface area contributed by atoms with Gasteiger partial charge in [-0.25, -0.2) is 9.37 Å². The summed E-state index contributed by atoms with van der Waals surface area (Å²) < 4.78 is 25.2. The van der Waals surface area contributed by atoms with Gasteiger partial charge in [0.15, 0.2) is 6.29 Å². The smallest absolute Gasteiger partial charge is 0.221 e. The summed E-state index contributed by atoms with van der Waals surface area (Å²) in [5, 5.41) is 0. The first kappa shape index (κ1) is 16.6. The number of methoxy groups -OCH3 is 2. The normalized spacial score (nSPS) is 10.4. The van der Waals surface area contributed by atoms with Crippen LogP contribution in [-0.4, -0.2) is 30.5 Å². The topological polar surface area (TPSA) is 61.3 Å². The SMILES string of the molecule is COc1ccnc(-c2c(C=O)ccc(F)c2-c2cccnc2OC)c1. The molecule has 0 saturated heterocycles. The number of nitrogens with zero attached hydrogens (tertiary/aromatic N) is 2. The van der Waals surface area contributed by atoms with Crippen LogP contribution in [0, 0.1) is 5.82 Å². The minimum Gasteiger partial charge on any atom is -0.497 e. The van der Waals surface area contributed by atoms with Crippen LogP contribution in [0.5, 0.6) is 11.6 Å². The standard InChI is InChI=1S/C19H15FN2O3/c1-24-13-7-9-21-16(10-13)17-12(11-23)5-6-15(20)18(17)14-4-3-8-22-19(14)25-2/h3-11H,1-2H3. The first-order chi connectivity index (χ1) is 12.2. The van der Waals surface area contributed by atoms with Crippen molar-refractivity contribution in [3.05, 3.63) is 60.2 Å². The van der Waals surface area contributed by atoms with E-state index in [1.165, 1.54) is 32.5 Å². The van der Waals surface area contributed by atoms with Crippen molar-refractivity contribution in [1.82, 2.24) is 9.97 Å². The van der Waals surface area contributed by atoms with Crippen molar-refractivity contribution in [1.29, 1.82) is 0 Å². The van der Waals surface area contributed by atoms with Crippen LogP contribution < -0.4 is 9.47 Å². The molecule has 25 heavy (non-hydrogen) atoms. The molecule has 5 nitrogen and oxygen atoms in total.